The molecule has 2 aromatic carbocycles. The monoisotopic (exact) mass is 436 g/mol. The molecule has 0 saturated heterocycles. The molecule has 0 bridgehead atoms. The highest BCUT2D eigenvalue weighted by Gasteiger charge is 2.22. The summed E-state index contributed by atoms with van der Waals surface area (Å²) in [6.07, 6.45) is -1.10. The Kier molecular flexibility index (Phi) is 6.62. The lowest BCUT2D eigenvalue weighted by molar-refractivity contribution is -0.384. The number of urea groups is 1. The second-order valence-corrected chi connectivity index (χ2v) is 8.70. The molecular weight excluding hydrogens is 416 g/mol. The molecular formula is C18H20N4O7S. The van der Waals surface area contributed by atoms with Crippen LogP contribution in [0.1, 0.15) is 20.8 Å². The number of anilines is 2. The van der Waals surface area contributed by atoms with E-state index in [0.717, 1.165) is 0 Å². The van der Waals surface area contributed by atoms with Crippen LogP contribution < -0.4 is 15.4 Å². The van der Waals surface area contributed by atoms with Gasteiger partial charge in [0.25, 0.3) is 15.7 Å². The van der Waals surface area contributed by atoms with Gasteiger partial charge in [0.2, 0.25) is 0 Å². The zero-order chi connectivity index (χ0) is 22.5. The number of hydrogen-bond acceptors (Lipinski definition) is 7. The van der Waals surface area contributed by atoms with Gasteiger partial charge in [0.05, 0.1) is 9.82 Å². The van der Waals surface area contributed by atoms with Crippen LogP contribution in [0.3, 0.4) is 0 Å². The van der Waals surface area contributed by atoms with E-state index in [4.69, 9.17) is 4.74 Å². The SMILES string of the molecule is CC(C)(C)OC(=O)NS(=O)(=O)c1ccc(NC(=O)Nc2ccc([N+](=O)[O-])cc2)cc1. The maximum Gasteiger partial charge on any atom is 0.421 e. The summed E-state index contributed by atoms with van der Waals surface area (Å²) in [5.74, 6) is 0. The highest BCUT2D eigenvalue weighted by molar-refractivity contribution is 7.90. The number of sulfonamides is 1. The third kappa shape index (κ3) is 6.74. The number of ether oxygens (including phenoxy) is 1. The van der Waals surface area contributed by atoms with Crippen LogP contribution >= 0.6 is 0 Å². The number of hydrogen-bond donors (Lipinski definition) is 3. The molecule has 3 amide bonds. The topological polar surface area (TPSA) is 157 Å². The van der Waals surface area contributed by atoms with Crippen molar-refractivity contribution in [3.8, 4) is 0 Å². The van der Waals surface area contributed by atoms with Gasteiger partial charge in [0.1, 0.15) is 5.60 Å². The minimum absolute atomic E-state index is 0.113. The van der Waals surface area contributed by atoms with Gasteiger partial charge in [-0.15, -0.1) is 0 Å². The maximum atomic E-state index is 12.2. The van der Waals surface area contributed by atoms with E-state index in [2.05, 4.69) is 10.6 Å². The van der Waals surface area contributed by atoms with Gasteiger partial charge < -0.3 is 15.4 Å². The molecule has 2 aromatic rings. The first-order chi connectivity index (χ1) is 13.9. The van der Waals surface area contributed by atoms with Crippen LogP contribution in [0, 0.1) is 10.1 Å². The average molecular weight is 436 g/mol. The van der Waals surface area contributed by atoms with Gasteiger partial charge in [-0.1, -0.05) is 0 Å². The summed E-state index contributed by atoms with van der Waals surface area (Å²) in [5, 5.41) is 15.6. The molecule has 12 heteroatoms. The Morgan fingerprint density at radius 3 is 1.83 bits per heavy atom. The molecule has 0 aliphatic rings. The molecule has 0 aromatic heterocycles. The Hall–Kier alpha value is -3.67. The van der Waals surface area contributed by atoms with Crippen molar-refractivity contribution in [2.45, 2.75) is 31.3 Å². The highest BCUT2D eigenvalue weighted by atomic mass is 32.2. The molecule has 3 N–H and O–H groups in total. The van der Waals surface area contributed by atoms with Crippen LogP contribution in [-0.4, -0.2) is 31.1 Å². The lowest BCUT2D eigenvalue weighted by Crippen LogP contribution is -2.36. The quantitative estimate of drug-likeness (QED) is 0.478. The van der Waals surface area contributed by atoms with Gasteiger partial charge in [-0.25, -0.2) is 22.7 Å². The predicted octanol–water partition coefficient (Wildman–Crippen LogP) is 3.45. The Bertz CT molecular complexity index is 1040. The number of carbonyl (C=O) groups excluding carboxylic acids is 2. The van der Waals surface area contributed by atoms with Crippen molar-refractivity contribution in [1.82, 2.24) is 4.72 Å². The number of nitrogens with zero attached hydrogens (tertiary/aromatic N) is 1. The summed E-state index contributed by atoms with van der Waals surface area (Å²) in [4.78, 5) is 33.6. The lowest BCUT2D eigenvalue weighted by Gasteiger charge is -2.19. The van der Waals surface area contributed by atoms with Crippen molar-refractivity contribution < 1.29 is 27.7 Å². The summed E-state index contributed by atoms with van der Waals surface area (Å²) in [5.41, 5.74) is -0.355. The lowest BCUT2D eigenvalue weighted by atomic mass is 10.2. The molecule has 0 atom stereocenters. The molecule has 0 heterocycles. The van der Waals surface area contributed by atoms with Crippen molar-refractivity contribution in [1.29, 1.82) is 0 Å². The van der Waals surface area contributed by atoms with E-state index in [1.165, 1.54) is 48.5 Å². The molecule has 0 saturated carbocycles. The molecule has 0 aliphatic carbocycles. The summed E-state index contributed by atoms with van der Waals surface area (Å²) >= 11 is 0. The summed E-state index contributed by atoms with van der Waals surface area (Å²) in [6, 6.07) is 9.66. The first kappa shape index (κ1) is 22.6. The summed E-state index contributed by atoms with van der Waals surface area (Å²) in [6.45, 7) is 4.80. The number of nitrogens with one attached hydrogen (secondary N) is 3. The van der Waals surface area contributed by atoms with Crippen LogP contribution in [0.5, 0.6) is 0 Å². The van der Waals surface area contributed by atoms with Crippen LogP contribution in [0.4, 0.5) is 26.7 Å². The second-order valence-electron chi connectivity index (χ2n) is 7.01. The predicted molar refractivity (Wildman–Crippen MR) is 109 cm³/mol. The number of rotatable bonds is 5. The molecule has 0 fully saturated rings. The van der Waals surface area contributed by atoms with E-state index < -0.39 is 32.7 Å². The molecule has 0 spiro atoms. The smallest absolute Gasteiger partial charge is 0.421 e. The number of carbonyl (C=O) groups is 2. The molecule has 11 nitrogen and oxygen atoms in total. The fourth-order valence-corrected chi connectivity index (χ4v) is 3.02. The fraction of sp³-hybridized carbons (Fsp3) is 0.222. The Balaban J connectivity index is 1.98. The molecule has 160 valence electrons. The molecule has 0 unspecified atom stereocenters. The van der Waals surface area contributed by atoms with E-state index in [1.807, 2.05) is 0 Å². The number of nitro benzene ring substituents is 1. The maximum absolute atomic E-state index is 12.2. The van der Waals surface area contributed by atoms with Gasteiger partial charge >= 0.3 is 12.1 Å². The minimum Gasteiger partial charge on any atom is -0.443 e. The Morgan fingerprint density at radius 1 is 0.933 bits per heavy atom. The van der Waals surface area contributed by atoms with Crippen LogP contribution in [-0.2, 0) is 14.8 Å². The third-order valence-electron chi connectivity index (χ3n) is 3.38. The Labute approximate surface area is 172 Å². The molecule has 0 aliphatic heterocycles. The van der Waals surface area contributed by atoms with Crippen molar-refractivity contribution in [2.75, 3.05) is 10.6 Å². The van der Waals surface area contributed by atoms with Crippen molar-refractivity contribution >= 4 is 39.2 Å². The standard InChI is InChI=1S/C18H20N4O7S/c1-18(2,3)29-17(24)21-30(27,28)15-10-6-13(7-11-15)20-16(23)19-12-4-8-14(9-5-12)22(25)26/h4-11H,1-3H3,(H,21,24)(H2,19,20,23). The van der Waals surface area contributed by atoms with Gasteiger partial charge in [-0.3, -0.25) is 10.1 Å². The van der Waals surface area contributed by atoms with Gasteiger partial charge in [0.15, 0.2) is 0 Å². The Morgan fingerprint density at radius 2 is 1.40 bits per heavy atom. The average Bonchev–Trinajstić information content (AvgIpc) is 2.60. The van der Waals surface area contributed by atoms with Gasteiger partial charge in [0, 0.05) is 23.5 Å². The molecule has 30 heavy (non-hydrogen) atoms. The van der Waals surface area contributed by atoms with Crippen molar-refractivity contribution in [2.24, 2.45) is 0 Å². The fourth-order valence-electron chi connectivity index (χ4n) is 2.14. The molecule has 2 rings (SSSR count). The van der Waals surface area contributed by atoms with Crippen LogP contribution in [0.2, 0.25) is 0 Å². The van der Waals surface area contributed by atoms with E-state index in [-0.39, 0.29) is 16.3 Å². The highest BCUT2D eigenvalue weighted by Crippen LogP contribution is 2.17. The van der Waals surface area contributed by atoms with Gasteiger partial charge in [-0.2, -0.15) is 0 Å². The summed E-state index contributed by atoms with van der Waals surface area (Å²) < 4.78 is 31.2. The van der Waals surface area contributed by atoms with Crippen molar-refractivity contribution in [3.63, 3.8) is 0 Å². The number of benzene rings is 2. The van der Waals surface area contributed by atoms with E-state index in [0.29, 0.717) is 5.69 Å². The van der Waals surface area contributed by atoms with E-state index in [1.54, 1.807) is 25.5 Å². The van der Waals surface area contributed by atoms with E-state index in [9.17, 15) is 28.1 Å². The van der Waals surface area contributed by atoms with Crippen LogP contribution in [0.25, 0.3) is 0 Å². The largest absolute Gasteiger partial charge is 0.443 e. The van der Waals surface area contributed by atoms with Crippen LogP contribution in [0.15, 0.2) is 53.4 Å². The first-order valence-electron chi connectivity index (χ1n) is 8.54. The van der Waals surface area contributed by atoms with Gasteiger partial charge in [-0.05, 0) is 57.2 Å². The zero-order valence-corrected chi connectivity index (χ0v) is 17.1. The second kappa shape index (κ2) is 8.78. The normalized spacial score (nSPS) is 11.3. The number of non-ortho nitro benzene ring substituents is 1. The minimum atomic E-state index is -4.14. The van der Waals surface area contributed by atoms with Crippen molar-refractivity contribution in [3.05, 3.63) is 58.6 Å². The number of nitro groups is 1. The first-order valence-corrected chi connectivity index (χ1v) is 10.0. The summed E-state index contributed by atoms with van der Waals surface area (Å²) in [7, 11) is -4.14. The van der Waals surface area contributed by atoms with E-state index >= 15 is 0 Å². The number of amides is 3. The molecule has 0 radical (unpaired) electrons. The zero-order valence-electron chi connectivity index (χ0n) is 16.3. The third-order valence-corrected chi connectivity index (χ3v) is 4.70.